The number of benzene rings is 4. The Bertz CT molecular complexity index is 1820. The van der Waals surface area contributed by atoms with Gasteiger partial charge in [0.1, 0.15) is 10.7 Å². The topological polar surface area (TPSA) is 78.3 Å². The van der Waals surface area contributed by atoms with Gasteiger partial charge in [0.05, 0.1) is 30.1 Å². The molecule has 0 fully saturated rings. The summed E-state index contributed by atoms with van der Waals surface area (Å²) in [4.78, 5) is 17.6. The number of hydrogen-bond acceptors (Lipinski definition) is 6. The summed E-state index contributed by atoms with van der Waals surface area (Å²) in [6.07, 6.45) is 5.18. The van der Waals surface area contributed by atoms with Crippen LogP contribution in [0.15, 0.2) is 109 Å². The van der Waals surface area contributed by atoms with Crippen molar-refractivity contribution >= 4 is 39.2 Å². The molecule has 7 nitrogen and oxygen atoms in total. The number of aromatic nitrogens is 3. The fraction of sp³-hybridized carbons (Fsp3) is 0.0606. The van der Waals surface area contributed by atoms with E-state index in [9.17, 15) is 4.79 Å². The van der Waals surface area contributed by atoms with E-state index in [1.165, 1.54) is 6.08 Å². The van der Waals surface area contributed by atoms with E-state index in [-0.39, 0.29) is 5.91 Å². The summed E-state index contributed by atoms with van der Waals surface area (Å²) in [6, 6.07) is 31.2. The SMILES string of the molecule is COc1ccc(-c2nn(-c3ccccc3)cc2C=CC(=O)Nc2ccc(-c3nc4ccccc4s3)cc2)cc1OC. The molecule has 8 heteroatoms. The second kappa shape index (κ2) is 11.5. The third-order valence-corrected chi connectivity index (χ3v) is 7.61. The number of thiazole rings is 1. The number of amides is 1. The van der Waals surface area contributed by atoms with Gasteiger partial charge in [-0.15, -0.1) is 11.3 Å². The second-order valence-corrected chi connectivity index (χ2v) is 10.2. The normalized spacial score (nSPS) is 11.2. The number of carbonyl (C=O) groups excluding carboxylic acids is 1. The summed E-state index contributed by atoms with van der Waals surface area (Å²) >= 11 is 1.65. The average molecular weight is 559 g/mol. The molecule has 0 radical (unpaired) electrons. The van der Waals surface area contributed by atoms with Crippen LogP contribution in [0.1, 0.15) is 5.56 Å². The van der Waals surface area contributed by atoms with Crippen LogP contribution in [0.2, 0.25) is 0 Å². The van der Waals surface area contributed by atoms with E-state index < -0.39 is 0 Å². The molecule has 0 aliphatic carbocycles. The number of fused-ring (bicyclic) bond motifs is 1. The lowest BCUT2D eigenvalue weighted by Gasteiger charge is -2.09. The van der Waals surface area contributed by atoms with Gasteiger partial charge in [0.2, 0.25) is 5.91 Å². The molecule has 1 amide bonds. The fourth-order valence-electron chi connectivity index (χ4n) is 4.47. The van der Waals surface area contributed by atoms with Gasteiger partial charge in [-0.1, -0.05) is 30.3 Å². The molecule has 2 aromatic heterocycles. The zero-order chi connectivity index (χ0) is 28.2. The van der Waals surface area contributed by atoms with Crippen LogP contribution in [0.4, 0.5) is 5.69 Å². The Balaban J connectivity index is 1.24. The molecule has 4 aromatic carbocycles. The molecule has 2 heterocycles. The Morgan fingerprint density at radius 2 is 1.59 bits per heavy atom. The van der Waals surface area contributed by atoms with Gasteiger partial charge < -0.3 is 14.8 Å². The van der Waals surface area contributed by atoms with Gasteiger partial charge in [-0.3, -0.25) is 4.79 Å². The van der Waals surface area contributed by atoms with E-state index in [2.05, 4.69) is 11.4 Å². The van der Waals surface area contributed by atoms with Crippen molar-refractivity contribution in [1.29, 1.82) is 0 Å². The maximum absolute atomic E-state index is 12.9. The van der Waals surface area contributed by atoms with Crippen LogP contribution < -0.4 is 14.8 Å². The first-order valence-electron chi connectivity index (χ1n) is 12.9. The first-order valence-corrected chi connectivity index (χ1v) is 13.8. The molecule has 6 aromatic rings. The Morgan fingerprint density at radius 3 is 2.34 bits per heavy atom. The minimum absolute atomic E-state index is 0.247. The van der Waals surface area contributed by atoms with Crippen LogP contribution in [0, 0.1) is 0 Å². The largest absolute Gasteiger partial charge is 0.493 e. The number of anilines is 1. The van der Waals surface area contributed by atoms with Gasteiger partial charge in [0, 0.05) is 34.7 Å². The van der Waals surface area contributed by atoms with Crippen molar-refractivity contribution < 1.29 is 14.3 Å². The Morgan fingerprint density at radius 1 is 0.854 bits per heavy atom. The molecule has 0 spiro atoms. The number of para-hydroxylation sites is 2. The fourth-order valence-corrected chi connectivity index (χ4v) is 5.44. The molecule has 0 saturated heterocycles. The highest BCUT2D eigenvalue weighted by atomic mass is 32.1. The third-order valence-electron chi connectivity index (χ3n) is 6.53. The van der Waals surface area contributed by atoms with Crippen LogP contribution in [0.5, 0.6) is 11.5 Å². The Kier molecular flexibility index (Phi) is 7.30. The third kappa shape index (κ3) is 5.59. The van der Waals surface area contributed by atoms with E-state index in [4.69, 9.17) is 19.6 Å². The highest BCUT2D eigenvalue weighted by Crippen LogP contribution is 2.34. The van der Waals surface area contributed by atoms with E-state index in [0.717, 1.165) is 37.6 Å². The zero-order valence-corrected chi connectivity index (χ0v) is 23.3. The zero-order valence-electron chi connectivity index (χ0n) is 22.4. The van der Waals surface area contributed by atoms with Gasteiger partial charge in [0.25, 0.3) is 0 Å². The maximum atomic E-state index is 12.9. The van der Waals surface area contributed by atoms with Crippen LogP contribution in [-0.2, 0) is 4.79 Å². The van der Waals surface area contributed by atoms with Gasteiger partial charge in [-0.05, 0) is 72.8 Å². The number of methoxy groups -OCH3 is 2. The standard InChI is InChI=1S/C33H26N4O3S/c1-39-28-18-14-23(20-29(28)40-2)32-24(21-37(36-32)26-8-4-3-5-9-26)15-19-31(38)34-25-16-12-22(13-17-25)33-35-27-10-6-7-11-30(27)41-33/h3-21H,1-2H3,(H,34,38). The van der Waals surface area contributed by atoms with Gasteiger partial charge in [-0.2, -0.15) is 5.10 Å². The molecular weight excluding hydrogens is 532 g/mol. The molecule has 1 N–H and O–H groups in total. The van der Waals surface area contributed by atoms with Crippen molar-refractivity contribution in [3.63, 3.8) is 0 Å². The summed E-state index contributed by atoms with van der Waals surface area (Å²) in [5.74, 6) is 0.981. The maximum Gasteiger partial charge on any atom is 0.248 e. The quantitative estimate of drug-likeness (QED) is 0.196. The first-order chi connectivity index (χ1) is 20.1. The van der Waals surface area contributed by atoms with E-state index in [1.54, 1.807) is 36.3 Å². The summed E-state index contributed by atoms with van der Waals surface area (Å²) < 4.78 is 13.8. The predicted octanol–water partition coefficient (Wildman–Crippen LogP) is 7.49. The molecule has 202 valence electrons. The van der Waals surface area contributed by atoms with Crippen molar-refractivity contribution in [1.82, 2.24) is 14.8 Å². The van der Waals surface area contributed by atoms with Crippen molar-refractivity contribution in [2.75, 3.05) is 19.5 Å². The molecule has 0 atom stereocenters. The Hall–Kier alpha value is -5.21. The highest BCUT2D eigenvalue weighted by Gasteiger charge is 2.14. The first kappa shape index (κ1) is 26.0. The van der Waals surface area contributed by atoms with Gasteiger partial charge in [-0.25, -0.2) is 9.67 Å². The predicted molar refractivity (Wildman–Crippen MR) is 165 cm³/mol. The van der Waals surface area contributed by atoms with Crippen LogP contribution in [0.25, 0.3) is 43.8 Å². The van der Waals surface area contributed by atoms with E-state index in [1.807, 2.05) is 97.2 Å². The molecule has 41 heavy (non-hydrogen) atoms. The number of carbonyl (C=O) groups is 1. The lowest BCUT2D eigenvalue weighted by molar-refractivity contribution is -0.111. The van der Waals surface area contributed by atoms with Crippen molar-refractivity contribution in [2.45, 2.75) is 0 Å². The summed E-state index contributed by atoms with van der Waals surface area (Å²) in [7, 11) is 3.20. The number of rotatable bonds is 8. The molecular formula is C33H26N4O3S. The van der Waals surface area contributed by atoms with E-state index >= 15 is 0 Å². The molecule has 0 saturated carbocycles. The summed E-state index contributed by atoms with van der Waals surface area (Å²) in [6.45, 7) is 0. The highest BCUT2D eigenvalue weighted by molar-refractivity contribution is 7.21. The Labute approximate surface area is 241 Å². The number of ether oxygens (including phenoxy) is 2. The monoisotopic (exact) mass is 558 g/mol. The van der Waals surface area contributed by atoms with Crippen molar-refractivity contribution in [3.05, 3.63) is 115 Å². The molecule has 0 aliphatic rings. The lowest BCUT2D eigenvalue weighted by Crippen LogP contribution is -2.07. The average Bonchev–Trinajstić information content (AvgIpc) is 3.65. The summed E-state index contributed by atoms with van der Waals surface area (Å²) in [5.41, 5.74) is 5.92. The van der Waals surface area contributed by atoms with Crippen molar-refractivity contribution in [3.8, 4) is 39.0 Å². The molecule has 6 rings (SSSR count). The molecule has 0 aliphatic heterocycles. The smallest absolute Gasteiger partial charge is 0.248 e. The minimum Gasteiger partial charge on any atom is -0.493 e. The number of nitrogens with zero attached hydrogens (tertiary/aromatic N) is 3. The minimum atomic E-state index is -0.247. The lowest BCUT2D eigenvalue weighted by atomic mass is 10.1. The summed E-state index contributed by atoms with van der Waals surface area (Å²) in [5, 5.41) is 8.72. The van der Waals surface area contributed by atoms with Gasteiger partial charge in [0.15, 0.2) is 11.5 Å². The molecule has 0 bridgehead atoms. The van der Waals surface area contributed by atoms with Crippen LogP contribution in [-0.4, -0.2) is 34.9 Å². The van der Waals surface area contributed by atoms with E-state index in [0.29, 0.717) is 22.9 Å². The second-order valence-electron chi connectivity index (χ2n) is 9.17. The van der Waals surface area contributed by atoms with Crippen molar-refractivity contribution in [2.24, 2.45) is 0 Å². The number of nitrogens with one attached hydrogen (secondary N) is 1. The van der Waals surface area contributed by atoms with Gasteiger partial charge >= 0.3 is 0 Å². The number of hydrogen-bond donors (Lipinski definition) is 1. The van der Waals surface area contributed by atoms with Crippen LogP contribution in [0.3, 0.4) is 0 Å². The molecule has 0 unspecified atom stereocenters. The van der Waals surface area contributed by atoms with Crippen LogP contribution >= 0.6 is 11.3 Å².